The lowest BCUT2D eigenvalue weighted by Gasteiger charge is -2.34. The maximum atomic E-state index is 13.7. The van der Waals surface area contributed by atoms with Gasteiger partial charge in [0, 0.05) is 25.1 Å². The molecule has 1 aliphatic rings. The molecule has 2 amide bonds. The number of aliphatic hydroxyl groups excluding tert-OH is 1. The van der Waals surface area contributed by atoms with Crippen LogP contribution >= 0.6 is 0 Å². The molecule has 0 aromatic heterocycles. The highest BCUT2D eigenvalue weighted by Gasteiger charge is 2.31. The van der Waals surface area contributed by atoms with Crippen LogP contribution in [-0.4, -0.2) is 72.9 Å². The van der Waals surface area contributed by atoms with Crippen molar-refractivity contribution in [3.8, 4) is 11.1 Å². The highest BCUT2D eigenvalue weighted by molar-refractivity contribution is 6.01. The Morgan fingerprint density at radius 3 is 2.47 bits per heavy atom. The molecule has 2 aromatic rings. The van der Waals surface area contributed by atoms with Crippen LogP contribution in [0.2, 0.25) is 0 Å². The predicted octanol–water partition coefficient (Wildman–Crippen LogP) is 3.41. The monoisotopic (exact) mass is 440 g/mol. The van der Waals surface area contributed by atoms with Crippen molar-refractivity contribution < 1.29 is 24.2 Å². The summed E-state index contributed by atoms with van der Waals surface area (Å²) in [5, 5.41) is 9.86. The van der Waals surface area contributed by atoms with Crippen LogP contribution in [0.1, 0.15) is 29.8 Å². The molecule has 7 heteroatoms. The molecule has 2 aromatic carbocycles. The molecule has 7 nitrogen and oxygen atoms in total. The quantitative estimate of drug-likeness (QED) is 0.788. The lowest BCUT2D eigenvalue weighted by atomic mass is 9.94. The molecule has 0 saturated carbocycles. The number of hydrogen-bond acceptors (Lipinski definition) is 5. The highest BCUT2D eigenvalue weighted by Crippen LogP contribution is 2.31. The van der Waals surface area contributed by atoms with Crippen molar-refractivity contribution in [3.05, 3.63) is 59.7 Å². The first-order chi connectivity index (χ1) is 15.4. The Balaban J connectivity index is 2.08. The Bertz CT molecular complexity index is 947. The van der Waals surface area contributed by atoms with Crippen molar-refractivity contribution >= 4 is 12.0 Å². The number of likely N-dealkylation sites (N-methyl/N-ethyl adjacent to an activating group) is 1. The fraction of sp³-hybridized carbons (Fsp3) is 0.440. The van der Waals surface area contributed by atoms with Crippen LogP contribution in [0.5, 0.6) is 0 Å². The molecule has 0 aliphatic carbocycles. The number of methoxy groups -OCH3 is 1. The topological polar surface area (TPSA) is 79.3 Å². The summed E-state index contributed by atoms with van der Waals surface area (Å²) < 4.78 is 11.2. The Hall–Kier alpha value is -2.90. The van der Waals surface area contributed by atoms with Crippen molar-refractivity contribution in [1.82, 2.24) is 9.80 Å². The first-order valence-electron chi connectivity index (χ1n) is 10.9. The number of fused-ring (bicyclic) bond motifs is 3. The van der Waals surface area contributed by atoms with Gasteiger partial charge in [-0.2, -0.15) is 0 Å². The third kappa shape index (κ3) is 5.11. The van der Waals surface area contributed by atoms with E-state index >= 15 is 0 Å². The van der Waals surface area contributed by atoms with Gasteiger partial charge in [0.1, 0.15) is 0 Å². The number of rotatable bonds is 4. The second-order valence-corrected chi connectivity index (χ2v) is 8.37. The van der Waals surface area contributed by atoms with Crippen molar-refractivity contribution in [3.63, 3.8) is 0 Å². The lowest BCUT2D eigenvalue weighted by Crippen LogP contribution is -2.47. The molecule has 0 fully saturated rings. The smallest absolute Gasteiger partial charge is 0.409 e. The van der Waals surface area contributed by atoms with Gasteiger partial charge in [-0.3, -0.25) is 4.79 Å². The predicted molar refractivity (Wildman–Crippen MR) is 122 cm³/mol. The number of hydrogen-bond donors (Lipinski definition) is 1. The molecule has 0 unspecified atom stereocenters. The van der Waals surface area contributed by atoms with E-state index in [4.69, 9.17) is 9.47 Å². The van der Waals surface area contributed by atoms with Crippen molar-refractivity contribution in [2.24, 2.45) is 5.92 Å². The van der Waals surface area contributed by atoms with E-state index in [0.29, 0.717) is 25.3 Å². The van der Waals surface area contributed by atoms with Crippen LogP contribution in [0.15, 0.2) is 48.5 Å². The normalized spacial score (nSPS) is 19.9. The van der Waals surface area contributed by atoms with E-state index in [1.54, 1.807) is 11.9 Å². The van der Waals surface area contributed by atoms with E-state index in [9.17, 15) is 14.7 Å². The Labute approximate surface area is 189 Å². The summed E-state index contributed by atoms with van der Waals surface area (Å²) in [7, 11) is 3.01. The average Bonchev–Trinajstić information content (AvgIpc) is 2.84. The SMILES string of the molecule is COC(=O)N(C)C[C@H]1OCc2ccccc2-c2ccccc2C(=O)N([C@@H](C)CO)C[C@H]1C. The minimum atomic E-state index is -0.445. The number of amides is 2. The molecular weight excluding hydrogens is 408 g/mol. The molecule has 1 N–H and O–H groups in total. The van der Waals surface area contributed by atoms with Gasteiger partial charge >= 0.3 is 6.09 Å². The van der Waals surface area contributed by atoms with E-state index < -0.39 is 6.09 Å². The fourth-order valence-electron chi connectivity index (χ4n) is 4.05. The summed E-state index contributed by atoms with van der Waals surface area (Å²) in [5.41, 5.74) is 3.33. The number of carbonyl (C=O) groups excluding carboxylic acids is 2. The Morgan fingerprint density at radius 1 is 1.19 bits per heavy atom. The number of carbonyl (C=O) groups is 2. The zero-order valence-corrected chi connectivity index (χ0v) is 19.2. The van der Waals surface area contributed by atoms with Gasteiger partial charge in [-0.1, -0.05) is 49.4 Å². The third-order valence-electron chi connectivity index (χ3n) is 6.03. The minimum absolute atomic E-state index is 0.0996. The van der Waals surface area contributed by atoms with Gasteiger partial charge in [0.05, 0.1) is 39.0 Å². The van der Waals surface area contributed by atoms with E-state index in [1.807, 2.05) is 62.4 Å². The fourth-order valence-corrected chi connectivity index (χ4v) is 4.05. The summed E-state index contributed by atoms with van der Waals surface area (Å²) >= 11 is 0. The molecule has 0 saturated heterocycles. The first-order valence-corrected chi connectivity index (χ1v) is 10.9. The summed E-state index contributed by atoms with van der Waals surface area (Å²) in [6, 6.07) is 15.1. The van der Waals surface area contributed by atoms with Crippen molar-refractivity contribution in [1.29, 1.82) is 0 Å². The van der Waals surface area contributed by atoms with Crippen LogP contribution in [0.25, 0.3) is 11.1 Å². The van der Waals surface area contributed by atoms with Crippen LogP contribution in [0, 0.1) is 5.92 Å². The van der Waals surface area contributed by atoms with Gasteiger partial charge in [0.15, 0.2) is 0 Å². The lowest BCUT2D eigenvalue weighted by molar-refractivity contribution is -0.0219. The summed E-state index contributed by atoms with van der Waals surface area (Å²) in [6.45, 7) is 4.72. The van der Waals surface area contributed by atoms with Gasteiger partial charge in [-0.15, -0.1) is 0 Å². The molecule has 0 spiro atoms. The zero-order chi connectivity index (χ0) is 23.3. The number of aliphatic hydroxyl groups is 1. The number of nitrogens with zero attached hydrogens (tertiary/aromatic N) is 2. The molecule has 1 heterocycles. The molecule has 32 heavy (non-hydrogen) atoms. The van der Waals surface area contributed by atoms with Crippen LogP contribution < -0.4 is 0 Å². The van der Waals surface area contributed by atoms with Gasteiger partial charge in [-0.05, 0) is 29.7 Å². The second-order valence-electron chi connectivity index (χ2n) is 8.37. The maximum Gasteiger partial charge on any atom is 0.409 e. The van der Waals surface area contributed by atoms with Crippen molar-refractivity contribution in [2.45, 2.75) is 32.6 Å². The molecular formula is C25H32N2O5. The molecule has 172 valence electrons. The third-order valence-corrected chi connectivity index (χ3v) is 6.03. The van der Waals surface area contributed by atoms with Crippen LogP contribution in [0.3, 0.4) is 0 Å². The first kappa shape index (κ1) is 23.8. The molecule has 0 radical (unpaired) electrons. The van der Waals surface area contributed by atoms with Gasteiger partial charge < -0.3 is 24.4 Å². The Kier molecular flexibility index (Phi) is 7.88. The summed E-state index contributed by atoms with van der Waals surface area (Å²) in [4.78, 5) is 28.9. The van der Waals surface area contributed by atoms with E-state index in [-0.39, 0.29) is 30.6 Å². The van der Waals surface area contributed by atoms with Gasteiger partial charge in [0.25, 0.3) is 5.91 Å². The summed E-state index contributed by atoms with van der Waals surface area (Å²) in [6.07, 6.45) is -0.783. The second kappa shape index (κ2) is 10.6. The van der Waals surface area contributed by atoms with Gasteiger partial charge in [-0.25, -0.2) is 4.79 Å². The largest absolute Gasteiger partial charge is 0.453 e. The van der Waals surface area contributed by atoms with E-state index in [1.165, 1.54) is 12.0 Å². The molecule has 3 rings (SSSR count). The Morgan fingerprint density at radius 2 is 1.81 bits per heavy atom. The van der Waals surface area contributed by atoms with E-state index in [0.717, 1.165) is 16.7 Å². The number of benzene rings is 2. The van der Waals surface area contributed by atoms with Crippen molar-refractivity contribution in [2.75, 3.05) is 33.9 Å². The zero-order valence-electron chi connectivity index (χ0n) is 19.2. The van der Waals surface area contributed by atoms with Crippen LogP contribution in [-0.2, 0) is 16.1 Å². The molecule has 3 atom stereocenters. The van der Waals surface area contributed by atoms with Crippen LogP contribution in [0.4, 0.5) is 4.79 Å². The summed E-state index contributed by atoms with van der Waals surface area (Å²) in [5.74, 6) is -0.233. The minimum Gasteiger partial charge on any atom is -0.453 e. The molecule has 1 aliphatic heterocycles. The molecule has 0 bridgehead atoms. The standard InChI is InChI=1S/C25H32N2O5/c1-17-13-27(18(2)15-28)24(29)22-12-8-7-11-21(22)20-10-6-5-9-19(20)16-32-23(17)14-26(3)25(30)31-4/h5-12,17-18,23,28H,13-16H2,1-4H3/t17-,18+,23-/m1/s1. The number of ether oxygens (including phenoxy) is 2. The van der Waals surface area contributed by atoms with E-state index in [2.05, 4.69) is 0 Å². The van der Waals surface area contributed by atoms with Gasteiger partial charge in [0.2, 0.25) is 0 Å². The highest BCUT2D eigenvalue weighted by atomic mass is 16.5. The average molecular weight is 441 g/mol. The maximum absolute atomic E-state index is 13.7.